The van der Waals surface area contributed by atoms with Gasteiger partial charge >= 0.3 is 6.09 Å². The Morgan fingerprint density at radius 2 is 1.97 bits per heavy atom. The number of hydrogen-bond acceptors (Lipinski definition) is 6. The van der Waals surface area contributed by atoms with E-state index in [0.29, 0.717) is 17.7 Å². The number of carbonyl (C=O) groups is 1. The van der Waals surface area contributed by atoms with Crippen molar-refractivity contribution in [2.75, 3.05) is 7.11 Å². The normalized spacial score (nSPS) is 24.1. The average molecular weight is 504 g/mol. The fourth-order valence-corrected chi connectivity index (χ4v) is 5.87. The van der Waals surface area contributed by atoms with Crippen LogP contribution in [0.5, 0.6) is 0 Å². The maximum Gasteiger partial charge on any atom is 0.411 e. The van der Waals surface area contributed by atoms with E-state index in [-0.39, 0.29) is 5.92 Å². The molecular weight excluding hydrogens is 462 g/mol. The topological polar surface area (TPSA) is 97.7 Å². The molecule has 0 spiro atoms. The highest BCUT2D eigenvalue weighted by Crippen LogP contribution is 2.39. The van der Waals surface area contributed by atoms with Crippen LogP contribution in [0.4, 0.5) is 4.79 Å². The number of aryl methyl sites for hydroxylation is 1. The number of benzene rings is 1. The SMILES string of the molecule is C/C=C\[C@@H]1C[C@H](C#N)N(C(=O)OC(C)(C)C)C1[C@@H](N[S+]([O-])c1ccc(C)cc1)[C@](C)(CCC)OC. The van der Waals surface area contributed by atoms with Crippen molar-refractivity contribution in [3.63, 3.8) is 0 Å². The molecule has 2 rings (SSSR count). The fraction of sp³-hybridized carbons (Fsp3) is 0.630. The number of amides is 1. The van der Waals surface area contributed by atoms with Crippen molar-refractivity contribution in [2.45, 2.75) is 102 Å². The Morgan fingerprint density at radius 1 is 1.34 bits per heavy atom. The number of methoxy groups -OCH3 is 1. The van der Waals surface area contributed by atoms with Gasteiger partial charge in [0.1, 0.15) is 17.7 Å². The first-order chi connectivity index (χ1) is 16.4. The van der Waals surface area contributed by atoms with Crippen LogP contribution < -0.4 is 4.72 Å². The Bertz CT molecular complexity index is 908. The zero-order valence-corrected chi connectivity index (χ0v) is 23.1. The molecule has 1 N–H and O–H groups in total. The third kappa shape index (κ3) is 7.23. The number of carbonyl (C=O) groups excluding carboxylic acids is 1. The molecule has 1 saturated heterocycles. The second kappa shape index (κ2) is 12.3. The van der Waals surface area contributed by atoms with Crippen LogP contribution in [-0.2, 0) is 20.8 Å². The second-order valence-electron chi connectivity index (χ2n) is 10.4. The van der Waals surface area contributed by atoms with Gasteiger partial charge in [0.05, 0.1) is 29.1 Å². The summed E-state index contributed by atoms with van der Waals surface area (Å²) in [6.07, 6.45) is 5.36. The third-order valence-electron chi connectivity index (χ3n) is 6.47. The molecule has 7 nitrogen and oxygen atoms in total. The standard InChI is InChI=1S/C27H41N3O4S/c1-9-11-20-17-21(18-28)30(25(31)34-26(4,5)6)23(20)24(27(7,33-8)16-10-2)29-35(32)22-14-12-19(3)13-15-22/h9,11-15,20-21,23-24,29H,10,16-17H2,1-8H3/b11-9-/t20-,21-,23?,24-,27+,35?/m1/s1. The van der Waals surface area contributed by atoms with Gasteiger partial charge in [-0.05, 0) is 66.5 Å². The smallest absolute Gasteiger partial charge is 0.411 e. The molecule has 6 atom stereocenters. The highest BCUT2D eigenvalue weighted by atomic mass is 32.2. The minimum absolute atomic E-state index is 0.143. The number of nitrogens with one attached hydrogen (secondary N) is 1. The molecule has 1 aliphatic heterocycles. The van der Waals surface area contributed by atoms with Crippen LogP contribution in [0, 0.1) is 24.2 Å². The summed E-state index contributed by atoms with van der Waals surface area (Å²) in [5.41, 5.74) is -0.404. The van der Waals surface area contributed by atoms with Gasteiger partial charge in [-0.25, -0.2) is 4.79 Å². The average Bonchev–Trinajstić information content (AvgIpc) is 3.15. The summed E-state index contributed by atoms with van der Waals surface area (Å²) in [5.74, 6) is -0.143. The Morgan fingerprint density at radius 3 is 2.46 bits per heavy atom. The molecule has 1 aromatic carbocycles. The van der Waals surface area contributed by atoms with Crippen LogP contribution in [0.1, 0.15) is 66.4 Å². The van der Waals surface area contributed by atoms with Gasteiger partial charge in [-0.3, -0.25) is 4.90 Å². The molecule has 0 radical (unpaired) electrons. The number of nitrogens with zero attached hydrogens (tertiary/aromatic N) is 2. The molecule has 8 heteroatoms. The number of ether oxygens (including phenoxy) is 2. The minimum Gasteiger partial charge on any atom is -0.593 e. The Balaban J connectivity index is 2.61. The Hall–Kier alpha value is -2.05. The van der Waals surface area contributed by atoms with Crippen LogP contribution in [0.25, 0.3) is 0 Å². The van der Waals surface area contributed by atoms with Gasteiger partial charge < -0.3 is 14.0 Å². The lowest BCUT2D eigenvalue weighted by molar-refractivity contribution is -0.0543. The van der Waals surface area contributed by atoms with E-state index in [9.17, 15) is 14.6 Å². The molecule has 1 aliphatic rings. The van der Waals surface area contributed by atoms with E-state index < -0.39 is 46.8 Å². The zero-order valence-electron chi connectivity index (χ0n) is 22.3. The second-order valence-corrected chi connectivity index (χ2v) is 11.6. The fourth-order valence-electron chi connectivity index (χ4n) is 4.73. The van der Waals surface area contributed by atoms with Crippen LogP contribution in [-0.4, -0.2) is 52.0 Å². The molecule has 0 aromatic heterocycles. The predicted molar refractivity (Wildman–Crippen MR) is 139 cm³/mol. The van der Waals surface area contributed by atoms with Crippen molar-refractivity contribution in [3.8, 4) is 6.07 Å². The van der Waals surface area contributed by atoms with Gasteiger partial charge in [0.2, 0.25) is 0 Å². The predicted octanol–water partition coefficient (Wildman–Crippen LogP) is 5.27. The molecule has 1 fully saturated rings. The first-order valence-electron chi connectivity index (χ1n) is 12.2. The summed E-state index contributed by atoms with van der Waals surface area (Å²) in [6.45, 7) is 13.3. The van der Waals surface area contributed by atoms with E-state index in [1.807, 2.05) is 57.2 Å². The molecule has 0 saturated carbocycles. The summed E-state index contributed by atoms with van der Waals surface area (Å²) in [6, 6.07) is 8.09. The maximum atomic E-state index is 13.5. The van der Waals surface area contributed by atoms with E-state index in [0.717, 1.165) is 12.0 Å². The van der Waals surface area contributed by atoms with Crippen LogP contribution in [0.2, 0.25) is 0 Å². The van der Waals surface area contributed by atoms with Crippen LogP contribution in [0.15, 0.2) is 41.3 Å². The monoisotopic (exact) mass is 503 g/mol. The first-order valence-corrected chi connectivity index (χ1v) is 13.4. The van der Waals surface area contributed by atoms with E-state index in [4.69, 9.17) is 9.47 Å². The van der Waals surface area contributed by atoms with Gasteiger partial charge in [-0.2, -0.15) is 5.26 Å². The van der Waals surface area contributed by atoms with Crippen molar-refractivity contribution in [3.05, 3.63) is 42.0 Å². The number of likely N-dealkylation sites (tertiary alicyclic amines) is 1. The van der Waals surface area contributed by atoms with Crippen molar-refractivity contribution < 1.29 is 18.8 Å². The molecule has 1 aromatic rings. The first kappa shape index (κ1) is 29.2. The van der Waals surface area contributed by atoms with E-state index >= 15 is 0 Å². The number of rotatable bonds is 9. The maximum absolute atomic E-state index is 13.5. The molecule has 0 aliphatic carbocycles. The van der Waals surface area contributed by atoms with Crippen molar-refractivity contribution in [1.82, 2.24) is 9.62 Å². The summed E-state index contributed by atoms with van der Waals surface area (Å²) < 4.78 is 28.6. The van der Waals surface area contributed by atoms with Gasteiger partial charge in [0.25, 0.3) is 0 Å². The van der Waals surface area contributed by atoms with E-state index in [2.05, 4.69) is 17.7 Å². The van der Waals surface area contributed by atoms with Gasteiger partial charge in [0, 0.05) is 13.0 Å². The molecular formula is C27H41N3O4S. The van der Waals surface area contributed by atoms with Crippen molar-refractivity contribution in [1.29, 1.82) is 5.26 Å². The van der Waals surface area contributed by atoms with Gasteiger partial charge in [-0.1, -0.05) is 43.2 Å². The van der Waals surface area contributed by atoms with Crippen molar-refractivity contribution in [2.24, 2.45) is 5.92 Å². The van der Waals surface area contributed by atoms with Crippen LogP contribution >= 0.6 is 0 Å². The summed E-state index contributed by atoms with van der Waals surface area (Å²) in [7, 11) is 1.64. The van der Waals surface area contributed by atoms with Gasteiger partial charge in [0.15, 0.2) is 4.90 Å². The van der Waals surface area contributed by atoms with E-state index in [1.54, 1.807) is 27.9 Å². The lowest BCUT2D eigenvalue weighted by Crippen LogP contribution is -2.64. The highest BCUT2D eigenvalue weighted by Gasteiger charge is 2.54. The lowest BCUT2D eigenvalue weighted by atomic mass is 9.81. The minimum atomic E-state index is -1.56. The lowest BCUT2D eigenvalue weighted by Gasteiger charge is -2.44. The summed E-state index contributed by atoms with van der Waals surface area (Å²) in [4.78, 5) is 15.6. The summed E-state index contributed by atoms with van der Waals surface area (Å²) >= 11 is -1.56. The largest absolute Gasteiger partial charge is 0.593 e. The van der Waals surface area contributed by atoms with E-state index in [1.165, 1.54) is 4.90 Å². The number of nitriles is 1. The van der Waals surface area contributed by atoms with Gasteiger partial charge in [-0.15, -0.1) is 4.72 Å². The molecule has 35 heavy (non-hydrogen) atoms. The number of hydrogen-bond donors (Lipinski definition) is 1. The van der Waals surface area contributed by atoms with Crippen LogP contribution in [0.3, 0.4) is 0 Å². The molecule has 2 unspecified atom stereocenters. The Labute approximate surface area is 214 Å². The highest BCUT2D eigenvalue weighted by molar-refractivity contribution is 7.89. The summed E-state index contributed by atoms with van der Waals surface area (Å²) in [5, 5.41) is 9.98. The number of allylic oxidation sites excluding steroid dienone is 1. The molecule has 0 bridgehead atoms. The quantitative estimate of drug-likeness (QED) is 0.364. The molecule has 1 amide bonds. The zero-order chi connectivity index (χ0) is 26.4. The van der Waals surface area contributed by atoms with Crippen molar-refractivity contribution >= 4 is 17.5 Å². The third-order valence-corrected chi connectivity index (χ3v) is 7.63. The molecule has 1 heterocycles. The Kier molecular flexibility index (Phi) is 10.2. The molecule has 194 valence electrons.